The van der Waals surface area contributed by atoms with Crippen LogP contribution in [-0.4, -0.2) is 23.4 Å². The Kier molecular flexibility index (Phi) is 4.76. The van der Waals surface area contributed by atoms with Gasteiger partial charge in [-0.15, -0.1) is 0 Å². The summed E-state index contributed by atoms with van der Waals surface area (Å²) < 4.78 is 18.8. The molecule has 1 N–H and O–H groups in total. The van der Waals surface area contributed by atoms with Crippen molar-refractivity contribution in [3.63, 3.8) is 0 Å². The molecule has 2 aromatic rings. The molecule has 0 radical (unpaired) electrons. The van der Waals surface area contributed by atoms with Crippen LogP contribution in [0, 0.1) is 5.41 Å². The van der Waals surface area contributed by atoms with Crippen molar-refractivity contribution < 1.29 is 7.85 Å². The summed E-state index contributed by atoms with van der Waals surface area (Å²) >= 11 is -2.30. The molecule has 1 heterocycles. The van der Waals surface area contributed by atoms with E-state index in [4.69, 9.17) is 2.74 Å². The monoisotopic (exact) mass is 403 g/mol. The summed E-state index contributed by atoms with van der Waals surface area (Å²) in [6, 6.07) is 9.65. The first-order chi connectivity index (χ1) is 12.0. The van der Waals surface area contributed by atoms with Gasteiger partial charge in [-0.2, -0.15) is 0 Å². The topological polar surface area (TPSA) is 33.1 Å². The predicted molar refractivity (Wildman–Crippen MR) is 111 cm³/mol. The molecule has 0 unspecified atom stereocenters. The van der Waals surface area contributed by atoms with E-state index in [9.17, 15) is 5.11 Å². The summed E-state index contributed by atoms with van der Waals surface area (Å²) in [5, 5.41) is 10.2. The molecule has 0 spiro atoms. The molecule has 2 rings (SSSR count). The van der Waals surface area contributed by atoms with Crippen LogP contribution in [0.25, 0.3) is 11.3 Å². The molecule has 0 aliphatic heterocycles. The molecule has 0 aliphatic carbocycles. The SMILES string of the molecule is [2H]C([2H])(c1cc(-c2ccc(C(C)(C)O)cc2)nc[c]1[Ge]([CH3])([CH3])[CH3])C(C)(C)C. The van der Waals surface area contributed by atoms with E-state index in [2.05, 4.69) is 22.3 Å². The van der Waals surface area contributed by atoms with Gasteiger partial charge in [-0.3, -0.25) is 0 Å². The van der Waals surface area contributed by atoms with Crippen LogP contribution in [0.15, 0.2) is 36.5 Å². The van der Waals surface area contributed by atoms with E-state index in [1.54, 1.807) is 13.8 Å². The van der Waals surface area contributed by atoms with Gasteiger partial charge in [0.25, 0.3) is 0 Å². The minimum atomic E-state index is -2.30. The number of rotatable bonds is 4. The van der Waals surface area contributed by atoms with Gasteiger partial charge in [0, 0.05) is 0 Å². The summed E-state index contributed by atoms with van der Waals surface area (Å²) in [5.41, 5.74) is 1.93. The predicted octanol–water partition coefficient (Wildman–Crippen LogP) is 5.11. The van der Waals surface area contributed by atoms with E-state index in [1.807, 2.05) is 57.3 Å². The van der Waals surface area contributed by atoms with Crippen molar-refractivity contribution in [2.24, 2.45) is 5.41 Å². The molecule has 0 amide bonds. The third-order valence-electron chi connectivity index (χ3n) is 4.11. The Morgan fingerprint density at radius 2 is 1.60 bits per heavy atom. The molecule has 2 nitrogen and oxygen atoms in total. The van der Waals surface area contributed by atoms with Crippen LogP contribution in [0.3, 0.4) is 0 Å². The summed E-state index contributed by atoms with van der Waals surface area (Å²) in [7, 11) is 0. The maximum atomic E-state index is 10.2. The van der Waals surface area contributed by atoms with Crippen LogP contribution >= 0.6 is 0 Å². The fourth-order valence-corrected chi connectivity index (χ4v) is 5.69. The van der Waals surface area contributed by atoms with Gasteiger partial charge in [-0.05, 0) is 0 Å². The Morgan fingerprint density at radius 3 is 2.04 bits per heavy atom. The second-order valence-electron chi connectivity index (χ2n) is 9.38. The third kappa shape index (κ3) is 5.42. The first-order valence-electron chi connectivity index (χ1n) is 9.89. The first-order valence-corrected chi connectivity index (χ1v) is 16.2. The average molecular weight is 402 g/mol. The molecule has 3 heteroatoms. The van der Waals surface area contributed by atoms with Crippen molar-refractivity contribution in [3.05, 3.63) is 47.7 Å². The molecule has 136 valence electrons. The van der Waals surface area contributed by atoms with Crippen LogP contribution < -0.4 is 4.40 Å². The Morgan fingerprint density at radius 1 is 1.04 bits per heavy atom. The standard InChI is InChI=1S/C22H33GeNO/c1-21(2,3)14-17-13-20(24-15-19(17)23(6,7)8)16-9-11-18(12-10-16)22(4,5)25/h9-13,15,25H,14H2,1-8H3/i14D2. The molecule has 0 atom stereocenters. The van der Waals surface area contributed by atoms with Crippen molar-refractivity contribution in [2.75, 3.05) is 0 Å². The van der Waals surface area contributed by atoms with Gasteiger partial charge in [0.1, 0.15) is 0 Å². The van der Waals surface area contributed by atoms with Crippen molar-refractivity contribution in [1.29, 1.82) is 0 Å². The first kappa shape index (κ1) is 17.3. The summed E-state index contributed by atoms with van der Waals surface area (Å²) in [4.78, 5) is 4.68. The van der Waals surface area contributed by atoms with Crippen LogP contribution in [0.2, 0.25) is 17.3 Å². The van der Waals surface area contributed by atoms with Crippen molar-refractivity contribution in [2.45, 2.75) is 63.9 Å². The second kappa shape index (κ2) is 6.88. The number of aliphatic hydroxyl groups is 1. The van der Waals surface area contributed by atoms with Crippen LogP contribution in [0.1, 0.15) is 48.5 Å². The Balaban J connectivity index is 2.63. The van der Waals surface area contributed by atoms with Gasteiger partial charge >= 0.3 is 159 Å². The Hall–Kier alpha value is -1.13. The molecular formula is C22H33GeNO. The zero-order valence-electron chi connectivity index (χ0n) is 18.9. The number of benzene rings is 1. The quantitative estimate of drug-likeness (QED) is 0.722. The molecule has 0 saturated carbocycles. The van der Waals surface area contributed by atoms with Crippen molar-refractivity contribution in [3.8, 4) is 11.3 Å². The molecule has 0 bridgehead atoms. The van der Waals surface area contributed by atoms with E-state index in [0.29, 0.717) is 0 Å². The molecule has 0 aliphatic rings. The Labute approximate surface area is 158 Å². The second-order valence-corrected chi connectivity index (χ2v) is 19.9. The number of hydrogen-bond acceptors (Lipinski definition) is 2. The molecule has 1 aromatic heterocycles. The zero-order valence-corrected chi connectivity index (χ0v) is 19.0. The third-order valence-corrected chi connectivity index (χ3v) is 8.34. The van der Waals surface area contributed by atoms with Crippen LogP contribution in [0.4, 0.5) is 0 Å². The number of pyridine rings is 1. The molecular weight excluding hydrogens is 367 g/mol. The van der Waals surface area contributed by atoms with E-state index in [-0.39, 0.29) is 0 Å². The normalized spacial score (nSPS) is 14.9. The van der Waals surface area contributed by atoms with Gasteiger partial charge < -0.3 is 0 Å². The van der Waals surface area contributed by atoms with Gasteiger partial charge in [-0.25, -0.2) is 0 Å². The average Bonchev–Trinajstić information content (AvgIpc) is 2.51. The number of hydrogen-bond donors (Lipinski definition) is 1. The Bertz CT molecular complexity index is 810. The molecule has 25 heavy (non-hydrogen) atoms. The zero-order chi connectivity index (χ0) is 20.8. The molecule has 1 aromatic carbocycles. The summed E-state index contributed by atoms with van der Waals surface area (Å²) in [6.45, 7) is 9.38. The van der Waals surface area contributed by atoms with Gasteiger partial charge in [0.05, 0.1) is 0 Å². The molecule has 0 fully saturated rings. The van der Waals surface area contributed by atoms with Crippen molar-refractivity contribution in [1.82, 2.24) is 4.98 Å². The maximum absolute atomic E-state index is 10.2. The van der Waals surface area contributed by atoms with E-state index >= 15 is 0 Å². The number of nitrogens with zero attached hydrogens (tertiary/aromatic N) is 1. The molecule has 0 saturated heterocycles. The van der Waals surface area contributed by atoms with Gasteiger partial charge in [-0.1, -0.05) is 0 Å². The summed E-state index contributed by atoms with van der Waals surface area (Å²) in [6.07, 6.45) is 0.448. The van der Waals surface area contributed by atoms with Crippen molar-refractivity contribution >= 4 is 17.7 Å². The van der Waals surface area contributed by atoms with Gasteiger partial charge in [0.15, 0.2) is 0 Å². The van der Waals surface area contributed by atoms with Crippen LogP contribution in [-0.2, 0) is 12.0 Å². The van der Waals surface area contributed by atoms with E-state index < -0.39 is 30.7 Å². The van der Waals surface area contributed by atoms with Crippen LogP contribution in [0.5, 0.6) is 0 Å². The number of aromatic nitrogens is 1. The fraction of sp³-hybridized carbons (Fsp3) is 0.500. The van der Waals surface area contributed by atoms with E-state index in [1.165, 1.54) is 0 Å². The van der Waals surface area contributed by atoms with Gasteiger partial charge in [0.2, 0.25) is 0 Å². The summed E-state index contributed by atoms with van der Waals surface area (Å²) in [5.74, 6) is 6.82. The fourth-order valence-electron chi connectivity index (χ4n) is 2.77. The van der Waals surface area contributed by atoms with E-state index in [0.717, 1.165) is 26.8 Å². The minimum absolute atomic E-state index is 0.515.